The Hall–Kier alpha value is -1.92. The Morgan fingerprint density at radius 1 is 1.38 bits per heavy atom. The highest BCUT2D eigenvalue weighted by atomic mass is 16.5. The third kappa shape index (κ3) is 5.53. The molecule has 0 saturated heterocycles. The Balaban J connectivity index is 2.39. The van der Waals surface area contributed by atoms with Gasteiger partial charge in [0.2, 0.25) is 17.7 Å². The topological polar surface area (TPSA) is 88.3 Å². The molecule has 0 unspecified atom stereocenters. The maximum Gasteiger partial charge on any atom is 0.239 e. The van der Waals surface area contributed by atoms with E-state index in [9.17, 15) is 9.59 Å². The highest BCUT2D eigenvalue weighted by Gasteiger charge is 2.15. The highest BCUT2D eigenvalue weighted by Crippen LogP contribution is 2.11. The molecule has 118 valence electrons. The molecule has 0 atom stereocenters. The maximum atomic E-state index is 12.0. The first-order valence-corrected chi connectivity index (χ1v) is 7.28. The summed E-state index contributed by atoms with van der Waals surface area (Å²) in [4.78, 5) is 29.1. The van der Waals surface area contributed by atoms with Gasteiger partial charge < -0.3 is 14.7 Å². The fourth-order valence-electron chi connectivity index (χ4n) is 1.78. The highest BCUT2D eigenvalue weighted by molar-refractivity contribution is 5.84. The van der Waals surface area contributed by atoms with Gasteiger partial charge in [0, 0.05) is 32.4 Å². The molecule has 0 fully saturated rings. The number of hydrogen-bond donors (Lipinski definition) is 1. The van der Waals surface area contributed by atoms with Crippen LogP contribution in [0.25, 0.3) is 0 Å². The van der Waals surface area contributed by atoms with E-state index in [1.54, 1.807) is 7.05 Å². The van der Waals surface area contributed by atoms with Gasteiger partial charge in [-0.3, -0.25) is 9.59 Å². The summed E-state index contributed by atoms with van der Waals surface area (Å²) in [6.45, 7) is 6.47. The van der Waals surface area contributed by atoms with Crippen LogP contribution < -0.4 is 5.32 Å². The minimum atomic E-state index is -0.163. The van der Waals surface area contributed by atoms with E-state index in [1.807, 2.05) is 20.8 Å². The van der Waals surface area contributed by atoms with Gasteiger partial charge in [-0.15, -0.1) is 0 Å². The Morgan fingerprint density at radius 2 is 2.10 bits per heavy atom. The van der Waals surface area contributed by atoms with Crippen LogP contribution in [0.2, 0.25) is 0 Å². The molecule has 1 aromatic rings. The Labute approximate surface area is 125 Å². The van der Waals surface area contributed by atoms with Gasteiger partial charge in [-0.25, -0.2) is 0 Å². The second-order valence-corrected chi connectivity index (χ2v) is 5.14. The lowest BCUT2D eigenvalue weighted by Gasteiger charge is -2.19. The fourth-order valence-corrected chi connectivity index (χ4v) is 1.78. The average Bonchev–Trinajstić information content (AvgIpc) is 2.93. The molecule has 1 N–H and O–H groups in total. The summed E-state index contributed by atoms with van der Waals surface area (Å²) in [6.07, 6.45) is 1.57. The lowest BCUT2D eigenvalue weighted by molar-refractivity contribution is -0.135. The summed E-state index contributed by atoms with van der Waals surface area (Å²) in [7, 11) is 1.56. The third-order valence-electron chi connectivity index (χ3n) is 3.13. The van der Waals surface area contributed by atoms with Crippen molar-refractivity contribution >= 4 is 11.8 Å². The van der Waals surface area contributed by atoms with E-state index < -0.39 is 0 Å². The zero-order valence-electron chi connectivity index (χ0n) is 13.2. The first-order chi connectivity index (χ1) is 9.97. The first-order valence-electron chi connectivity index (χ1n) is 7.28. The molecule has 0 radical (unpaired) electrons. The summed E-state index contributed by atoms with van der Waals surface area (Å²) >= 11 is 0. The third-order valence-corrected chi connectivity index (χ3v) is 3.13. The smallest absolute Gasteiger partial charge is 0.239 e. The molecule has 0 aliphatic carbocycles. The van der Waals surface area contributed by atoms with E-state index >= 15 is 0 Å². The molecule has 21 heavy (non-hydrogen) atoms. The summed E-state index contributed by atoms with van der Waals surface area (Å²) in [5, 5.41) is 6.39. The predicted octanol–water partition coefficient (Wildman–Crippen LogP) is 1.11. The van der Waals surface area contributed by atoms with Gasteiger partial charge >= 0.3 is 0 Å². The molecule has 0 spiro atoms. The van der Waals surface area contributed by atoms with Gasteiger partial charge in [0.1, 0.15) is 0 Å². The maximum absolute atomic E-state index is 12.0. The zero-order chi connectivity index (χ0) is 15.8. The van der Waals surface area contributed by atoms with Crippen molar-refractivity contribution in [3.05, 3.63) is 11.7 Å². The quantitative estimate of drug-likeness (QED) is 0.776. The van der Waals surface area contributed by atoms with Crippen molar-refractivity contribution in [3.8, 4) is 0 Å². The van der Waals surface area contributed by atoms with Crippen molar-refractivity contribution in [2.75, 3.05) is 20.1 Å². The van der Waals surface area contributed by atoms with Gasteiger partial charge in [0.25, 0.3) is 0 Å². The zero-order valence-corrected chi connectivity index (χ0v) is 13.2. The molecular formula is C14H24N4O3. The van der Waals surface area contributed by atoms with Crippen LogP contribution in [0.15, 0.2) is 4.52 Å². The minimum Gasteiger partial charge on any atom is -0.358 e. The lowest BCUT2D eigenvalue weighted by Crippen LogP contribution is -2.39. The first kappa shape index (κ1) is 17.1. The van der Waals surface area contributed by atoms with Crippen LogP contribution in [0.1, 0.15) is 51.2 Å². The van der Waals surface area contributed by atoms with Gasteiger partial charge in [-0.1, -0.05) is 19.0 Å². The average molecular weight is 296 g/mol. The summed E-state index contributed by atoms with van der Waals surface area (Å²) in [5.74, 6) is 1.27. The van der Waals surface area contributed by atoms with Crippen LogP contribution in [-0.4, -0.2) is 47.0 Å². The molecule has 1 heterocycles. The lowest BCUT2D eigenvalue weighted by atomic mass is 10.2. The van der Waals surface area contributed by atoms with Crippen molar-refractivity contribution in [1.82, 2.24) is 20.4 Å². The van der Waals surface area contributed by atoms with Crippen molar-refractivity contribution in [1.29, 1.82) is 0 Å². The van der Waals surface area contributed by atoms with Crippen LogP contribution in [0.4, 0.5) is 0 Å². The number of likely N-dealkylation sites (N-methyl/N-ethyl adjacent to an activating group) is 2. The monoisotopic (exact) mass is 296 g/mol. The molecule has 0 bridgehead atoms. The van der Waals surface area contributed by atoms with Crippen LogP contribution in [-0.2, 0) is 16.0 Å². The number of carbonyl (C=O) groups excluding carboxylic acids is 2. The van der Waals surface area contributed by atoms with Crippen molar-refractivity contribution in [2.24, 2.45) is 0 Å². The normalized spacial score (nSPS) is 10.7. The molecule has 0 aromatic carbocycles. The Morgan fingerprint density at radius 3 is 2.62 bits per heavy atom. The van der Waals surface area contributed by atoms with E-state index in [0.717, 1.165) is 0 Å². The van der Waals surface area contributed by atoms with Crippen LogP contribution in [0.5, 0.6) is 0 Å². The molecule has 7 heteroatoms. The molecule has 0 saturated carbocycles. The SMILES string of the molecule is CCN(CC(=O)NC)C(=O)CCCc1nc(C(C)C)no1. The summed E-state index contributed by atoms with van der Waals surface area (Å²) in [5.41, 5.74) is 0. The van der Waals surface area contributed by atoms with Gasteiger partial charge in [-0.2, -0.15) is 4.98 Å². The second kappa shape index (κ2) is 8.39. The number of nitrogens with one attached hydrogen (secondary N) is 1. The number of amides is 2. The standard InChI is InChI=1S/C14H24N4O3/c1-5-18(9-11(19)15-4)13(20)8-6-7-12-16-14(10(2)3)17-21-12/h10H,5-9H2,1-4H3,(H,15,19). The van der Waals surface area contributed by atoms with Crippen LogP contribution in [0, 0.1) is 0 Å². The number of hydrogen-bond acceptors (Lipinski definition) is 5. The van der Waals surface area contributed by atoms with E-state index in [4.69, 9.17) is 4.52 Å². The van der Waals surface area contributed by atoms with Gasteiger partial charge in [-0.05, 0) is 13.3 Å². The molecule has 2 amide bonds. The summed E-state index contributed by atoms with van der Waals surface area (Å²) in [6, 6.07) is 0. The molecule has 1 rings (SSSR count). The van der Waals surface area contributed by atoms with Crippen molar-refractivity contribution < 1.29 is 14.1 Å². The Bertz CT molecular complexity index is 471. The van der Waals surface area contributed by atoms with Crippen LogP contribution >= 0.6 is 0 Å². The number of aryl methyl sites for hydroxylation is 1. The predicted molar refractivity (Wildman–Crippen MR) is 77.6 cm³/mol. The molecule has 0 aliphatic rings. The molecular weight excluding hydrogens is 272 g/mol. The van der Waals surface area contributed by atoms with Gasteiger partial charge in [0.15, 0.2) is 5.82 Å². The van der Waals surface area contributed by atoms with E-state index in [1.165, 1.54) is 4.90 Å². The van der Waals surface area contributed by atoms with Gasteiger partial charge in [0.05, 0.1) is 6.54 Å². The molecule has 7 nitrogen and oxygen atoms in total. The minimum absolute atomic E-state index is 0.0373. The number of nitrogens with zero attached hydrogens (tertiary/aromatic N) is 3. The Kier molecular flexibility index (Phi) is 6.84. The fraction of sp³-hybridized carbons (Fsp3) is 0.714. The second-order valence-electron chi connectivity index (χ2n) is 5.14. The van der Waals surface area contributed by atoms with Crippen molar-refractivity contribution in [2.45, 2.75) is 46.0 Å². The largest absolute Gasteiger partial charge is 0.358 e. The number of carbonyl (C=O) groups is 2. The summed E-state index contributed by atoms with van der Waals surface area (Å²) < 4.78 is 5.13. The van der Waals surface area contributed by atoms with Crippen molar-refractivity contribution in [3.63, 3.8) is 0 Å². The molecule has 1 aromatic heterocycles. The molecule has 0 aliphatic heterocycles. The van der Waals surface area contributed by atoms with E-state index in [-0.39, 0.29) is 24.3 Å². The number of rotatable bonds is 8. The number of aromatic nitrogens is 2. The van der Waals surface area contributed by atoms with E-state index in [2.05, 4.69) is 15.5 Å². The van der Waals surface area contributed by atoms with Crippen LogP contribution in [0.3, 0.4) is 0 Å². The van der Waals surface area contributed by atoms with E-state index in [0.29, 0.717) is 37.5 Å².